The van der Waals surface area contributed by atoms with Crippen LogP contribution in [0.15, 0.2) is 85.2 Å². The lowest BCUT2D eigenvalue weighted by Gasteiger charge is -2.09. The third-order valence-electron chi connectivity index (χ3n) is 21.7. The van der Waals surface area contributed by atoms with Crippen molar-refractivity contribution in [2.24, 2.45) is 0 Å². The minimum absolute atomic E-state index is 0.781. The Hall–Kier alpha value is -8.50. The zero-order valence-electron chi connectivity index (χ0n) is 62.8. The molecule has 102 heavy (non-hydrogen) atoms. The van der Waals surface area contributed by atoms with Crippen LogP contribution >= 0.6 is 0 Å². The molecule has 4 aliphatic rings. The van der Waals surface area contributed by atoms with Crippen LogP contribution in [0.25, 0.3) is 126 Å². The van der Waals surface area contributed by atoms with Crippen LogP contribution in [0.5, 0.6) is 0 Å². The summed E-state index contributed by atoms with van der Waals surface area (Å²) in [5.41, 5.74) is 30.3. The van der Waals surface area contributed by atoms with Gasteiger partial charge in [0.25, 0.3) is 0 Å². The van der Waals surface area contributed by atoms with Crippen molar-refractivity contribution in [2.45, 2.75) is 273 Å². The molecule has 4 aliphatic heterocycles. The zero-order chi connectivity index (χ0) is 70.2. The van der Waals surface area contributed by atoms with Crippen LogP contribution in [-0.2, 0) is 38.5 Å². The Morgan fingerprint density at radius 3 is 0.676 bits per heavy atom. The van der Waals surface area contributed by atoms with Gasteiger partial charge in [0.05, 0.1) is 56.9 Å². The summed E-state index contributed by atoms with van der Waals surface area (Å²) in [4.78, 5) is 49.2. The fraction of sp³-hybridized carbons (Fsp3) is 0.457. The van der Waals surface area contributed by atoms with Crippen LogP contribution in [-0.4, -0.2) is 49.8 Å². The van der Waals surface area contributed by atoms with E-state index in [1.165, 1.54) is 199 Å². The van der Waals surface area contributed by atoms with Crippen molar-refractivity contribution in [3.05, 3.63) is 164 Å². The molecule has 0 spiro atoms. The first-order valence-electron chi connectivity index (χ1n) is 40.6. The van der Waals surface area contributed by atoms with Crippen molar-refractivity contribution < 1.29 is 0 Å². The van der Waals surface area contributed by atoms with Gasteiger partial charge < -0.3 is 19.9 Å². The molecule has 0 unspecified atom stereocenters. The van der Waals surface area contributed by atoms with Gasteiger partial charge in [-0.2, -0.15) is 0 Å². The molecule has 534 valence electrons. The lowest BCUT2D eigenvalue weighted by atomic mass is 10.0. The van der Waals surface area contributed by atoms with E-state index in [0.29, 0.717) is 0 Å². The average molecular weight is 1360 g/mol. The summed E-state index contributed by atoms with van der Waals surface area (Å²) in [6.45, 7) is 13.8. The van der Waals surface area contributed by atoms with Crippen LogP contribution in [0.4, 0.5) is 0 Å². The van der Waals surface area contributed by atoms with Gasteiger partial charge in [-0.3, -0.25) is 9.97 Å². The number of pyridine rings is 2. The van der Waals surface area contributed by atoms with Crippen LogP contribution < -0.4 is 0 Å². The van der Waals surface area contributed by atoms with Gasteiger partial charge in [0.15, 0.2) is 0 Å². The van der Waals surface area contributed by atoms with Crippen molar-refractivity contribution in [1.29, 1.82) is 0 Å². The maximum absolute atomic E-state index is 5.72. The second kappa shape index (κ2) is 37.6. The molecule has 0 aromatic carbocycles. The molecule has 16 bridgehead atoms. The van der Waals surface area contributed by atoms with E-state index in [1.54, 1.807) is 0 Å². The molecule has 8 aromatic rings. The predicted molar refractivity (Wildman–Crippen MR) is 438 cm³/mol. The monoisotopic (exact) mass is 1360 g/mol. The summed E-state index contributed by atoms with van der Waals surface area (Å²) < 4.78 is 0. The highest BCUT2D eigenvalue weighted by atomic mass is 14.8. The van der Waals surface area contributed by atoms with E-state index >= 15 is 0 Å². The topological polar surface area (TPSA) is 140 Å². The van der Waals surface area contributed by atoms with Crippen molar-refractivity contribution in [1.82, 2.24) is 49.8 Å². The molecule has 10 nitrogen and oxygen atoms in total. The first-order chi connectivity index (χ1) is 50.4. The zero-order valence-corrected chi connectivity index (χ0v) is 62.8. The number of nitrogens with zero attached hydrogens (tertiary/aromatic N) is 6. The summed E-state index contributed by atoms with van der Waals surface area (Å²) in [5.74, 6) is 0. The minimum atomic E-state index is 0.781. The second-order valence-electron chi connectivity index (χ2n) is 29.5. The highest BCUT2D eigenvalue weighted by Crippen LogP contribution is 2.39. The predicted octanol–water partition coefficient (Wildman–Crippen LogP) is 26.5. The highest BCUT2D eigenvalue weighted by molar-refractivity contribution is 5.95. The number of aryl methyl sites for hydroxylation is 6. The quantitative estimate of drug-likeness (QED) is 0.0283. The Balaban J connectivity index is 1.02. The van der Waals surface area contributed by atoms with E-state index in [9.17, 15) is 0 Å². The first-order valence-corrected chi connectivity index (χ1v) is 40.6. The molecular weight excluding hydrogens is 1250 g/mol. The molecule has 0 saturated carbocycles. The number of nitrogens with one attached hydrogen (secondary N) is 4. The summed E-state index contributed by atoms with van der Waals surface area (Å²) >= 11 is 0. The normalized spacial score (nSPS) is 12.5. The molecule has 0 radical (unpaired) electrons. The van der Waals surface area contributed by atoms with Crippen molar-refractivity contribution in [3.63, 3.8) is 0 Å². The number of aromatic amines is 4. The van der Waals surface area contributed by atoms with Crippen LogP contribution in [0.1, 0.15) is 313 Å². The molecule has 10 heteroatoms. The molecule has 0 fully saturated rings. The Morgan fingerprint density at radius 2 is 0.431 bits per heavy atom. The van der Waals surface area contributed by atoms with Crippen molar-refractivity contribution >= 4 is 92.7 Å². The Morgan fingerprint density at radius 1 is 0.225 bits per heavy atom. The lowest BCUT2D eigenvalue weighted by molar-refractivity contribution is 0.631. The Labute approximate surface area is 609 Å². The standard InChI is InChI=1S/C92H116N10/c1-7-13-19-25-31-37-67-73-43-47-77(95-73)69(39-33-27-21-15-9-3)81-51-55-85(99-81)91(86-56-52-82(100-86)70(40-34-28-22-16-10-4)78-48-44-74(67)96-78)65-59-61-93-89(63-65)90-64-66(60-62-94-90)92-87-57-53-83(101-87)71(41-35-29-23-17-11-5)79-49-45-75(97-79)68(38-32-26-20-14-8-2)76-46-50-80(98-76)72(42-36-30-24-18-12-6)84-54-58-88(92)102-84/h43-64,95,97,100,102H,7-42H2,1-6H3. The number of unbranched alkanes of at least 4 members (excludes halogenated alkanes) is 24. The molecule has 0 atom stereocenters. The summed E-state index contributed by atoms with van der Waals surface area (Å²) in [6.07, 6.45) is 64.2. The fourth-order valence-corrected chi connectivity index (χ4v) is 15.8. The van der Waals surface area contributed by atoms with E-state index in [0.717, 1.165) is 189 Å². The molecule has 4 N–H and O–H groups in total. The summed E-state index contributed by atoms with van der Waals surface area (Å²) in [6, 6.07) is 27.2. The molecule has 12 rings (SSSR count). The van der Waals surface area contributed by atoms with Gasteiger partial charge in [-0.1, -0.05) is 196 Å². The van der Waals surface area contributed by atoms with Gasteiger partial charge in [0.2, 0.25) is 0 Å². The number of H-pyrrole nitrogens is 4. The van der Waals surface area contributed by atoms with Gasteiger partial charge in [-0.15, -0.1) is 0 Å². The SMILES string of the molecule is CCCCCCCc1c2nc(c(CCCCCCC)c3ccc([nH]3)c(-c3ccnc(-c4cc(-c5c6nc(c(CCCCCCC)c7ccc([nH]7)c(CCCCCCC)c7nc(c(CCCCCCC)c8ccc5[nH]8)C=C7)C=C6)ccn4)c3)c3nc(c(CCCCCCC)c4ccc1[nH]4)C=C3)C=C2. The molecule has 12 heterocycles. The van der Waals surface area contributed by atoms with E-state index in [-0.39, 0.29) is 0 Å². The largest absolute Gasteiger partial charge is 0.355 e. The fourth-order valence-electron chi connectivity index (χ4n) is 15.8. The van der Waals surface area contributed by atoms with Crippen LogP contribution in [0, 0.1) is 0 Å². The van der Waals surface area contributed by atoms with Crippen molar-refractivity contribution in [2.75, 3.05) is 0 Å². The average Bonchev–Trinajstić information content (AvgIpc) is 1.55. The number of aromatic nitrogens is 10. The third-order valence-corrected chi connectivity index (χ3v) is 21.7. The highest BCUT2D eigenvalue weighted by Gasteiger charge is 2.22. The van der Waals surface area contributed by atoms with E-state index in [4.69, 9.17) is 29.9 Å². The number of fused-ring (bicyclic) bond motifs is 16. The minimum Gasteiger partial charge on any atom is -0.355 e. The first kappa shape index (κ1) is 73.3. The number of hydrogen-bond donors (Lipinski definition) is 4. The number of hydrogen-bond acceptors (Lipinski definition) is 6. The maximum atomic E-state index is 5.72. The smallest absolute Gasteiger partial charge is 0.0892 e. The van der Waals surface area contributed by atoms with E-state index in [2.05, 4.69) is 183 Å². The lowest BCUT2D eigenvalue weighted by Crippen LogP contribution is -1.96. The van der Waals surface area contributed by atoms with Crippen LogP contribution in [0.2, 0.25) is 0 Å². The van der Waals surface area contributed by atoms with Gasteiger partial charge >= 0.3 is 0 Å². The van der Waals surface area contributed by atoms with Crippen LogP contribution in [0.3, 0.4) is 0 Å². The van der Waals surface area contributed by atoms with Crippen molar-refractivity contribution in [3.8, 4) is 33.6 Å². The summed E-state index contributed by atoms with van der Waals surface area (Å²) in [7, 11) is 0. The molecule has 0 saturated heterocycles. The molecular formula is C92H116N10. The molecule has 0 aliphatic carbocycles. The maximum Gasteiger partial charge on any atom is 0.0892 e. The van der Waals surface area contributed by atoms with Gasteiger partial charge in [0, 0.05) is 101 Å². The molecule has 8 aromatic heterocycles. The molecule has 0 amide bonds. The van der Waals surface area contributed by atoms with E-state index < -0.39 is 0 Å². The Bertz CT molecular complexity index is 4280. The number of rotatable bonds is 39. The summed E-state index contributed by atoms with van der Waals surface area (Å²) in [5, 5.41) is 0. The van der Waals surface area contributed by atoms with Gasteiger partial charge in [-0.25, -0.2) is 19.9 Å². The van der Waals surface area contributed by atoms with Gasteiger partial charge in [-0.05, 0) is 210 Å². The van der Waals surface area contributed by atoms with E-state index in [1.807, 2.05) is 12.4 Å². The second-order valence-corrected chi connectivity index (χ2v) is 29.5. The third kappa shape index (κ3) is 18.5. The Kier molecular flexibility index (Phi) is 27.0. The van der Waals surface area contributed by atoms with Gasteiger partial charge in [0.1, 0.15) is 0 Å².